The molecule has 1 atom stereocenters. The molecule has 0 radical (unpaired) electrons. The summed E-state index contributed by atoms with van der Waals surface area (Å²) in [4.78, 5) is 13.0. The maximum atomic E-state index is 13.0. The quantitative estimate of drug-likeness (QED) is 0.599. The van der Waals surface area contributed by atoms with Gasteiger partial charge in [0.25, 0.3) is 0 Å². The molecule has 0 aliphatic heterocycles. The summed E-state index contributed by atoms with van der Waals surface area (Å²) >= 11 is 0. The van der Waals surface area contributed by atoms with Crippen molar-refractivity contribution in [3.05, 3.63) is 52.6 Å². The van der Waals surface area contributed by atoms with Crippen molar-refractivity contribution in [1.29, 1.82) is 0 Å². The monoisotopic (exact) mass is 366 g/mol. The Morgan fingerprint density at radius 3 is 1.85 bits per heavy atom. The van der Waals surface area contributed by atoms with Gasteiger partial charge in [0, 0.05) is 0 Å². The van der Waals surface area contributed by atoms with Crippen LogP contribution < -0.4 is 33.6 Å². The summed E-state index contributed by atoms with van der Waals surface area (Å²) in [5.74, 6) is 1.11. The Morgan fingerprint density at radius 1 is 1.00 bits per heavy atom. The SMILES string of the molecule is COc1cccc(OC)c1C(=O)Pc1c(C)cc(C(C)(C)C)cc1C.[H-].[Li+]. The number of carbonyl (C=O) groups excluding carboxylic acids is 1. The number of benzene rings is 2. The van der Waals surface area contributed by atoms with Crippen LogP contribution in [0.4, 0.5) is 0 Å². The first-order valence-corrected chi connectivity index (χ1v) is 9.33. The number of ether oxygens (including phenoxy) is 2. The molecule has 136 valence electrons. The molecule has 2 aromatic rings. The third kappa shape index (κ3) is 4.92. The molecular weight excluding hydrogens is 338 g/mol. The molecule has 5 heteroatoms. The maximum absolute atomic E-state index is 13.0. The molecule has 0 fully saturated rings. The van der Waals surface area contributed by atoms with Gasteiger partial charge in [0.15, 0.2) is 5.52 Å². The van der Waals surface area contributed by atoms with Gasteiger partial charge in [0.1, 0.15) is 17.1 Å². The first-order valence-electron chi connectivity index (χ1n) is 8.33. The summed E-state index contributed by atoms with van der Waals surface area (Å²) in [5, 5.41) is 1.10. The number of hydrogen-bond donors (Lipinski definition) is 0. The van der Waals surface area contributed by atoms with E-state index in [2.05, 4.69) is 46.8 Å². The van der Waals surface area contributed by atoms with Crippen molar-refractivity contribution in [2.45, 2.75) is 40.0 Å². The zero-order chi connectivity index (χ0) is 18.8. The van der Waals surface area contributed by atoms with Gasteiger partial charge in [-0.1, -0.05) is 39.0 Å². The fraction of sp³-hybridized carbons (Fsp3) is 0.381. The van der Waals surface area contributed by atoms with Crippen LogP contribution in [0, 0.1) is 13.8 Å². The topological polar surface area (TPSA) is 35.5 Å². The Hall–Kier alpha value is -1.26. The zero-order valence-electron chi connectivity index (χ0n) is 18.1. The first kappa shape index (κ1) is 22.8. The van der Waals surface area contributed by atoms with Crippen molar-refractivity contribution in [3.63, 3.8) is 0 Å². The van der Waals surface area contributed by atoms with Crippen LogP contribution in [0.25, 0.3) is 0 Å². The minimum Gasteiger partial charge on any atom is -1.00 e. The first-order chi connectivity index (χ1) is 11.7. The van der Waals surface area contributed by atoms with Gasteiger partial charge < -0.3 is 10.9 Å². The van der Waals surface area contributed by atoms with Gasteiger partial charge in [-0.15, -0.1) is 0 Å². The molecule has 0 saturated carbocycles. The summed E-state index contributed by atoms with van der Waals surface area (Å²) < 4.78 is 10.7. The molecule has 0 aliphatic rings. The van der Waals surface area contributed by atoms with E-state index in [1.165, 1.54) is 5.56 Å². The molecule has 3 nitrogen and oxygen atoms in total. The van der Waals surface area contributed by atoms with Gasteiger partial charge in [0.2, 0.25) is 0 Å². The van der Waals surface area contributed by atoms with E-state index in [1.54, 1.807) is 26.4 Å². The van der Waals surface area contributed by atoms with Crippen LogP contribution in [0.3, 0.4) is 0 Å². The molecule has 1 unspecified atom stereocenters. The minimum atomic E-state index is 0. The third-order valence-electron chi connectivity index (χ3n) is 4.29. The molecule has 0 spiro atoms. The summed E-state index contributed by atoms with van der Waals surface area (Å²) in [5.41, 5.74) is 4.25. The van der Waals surface area contributed by atoms with E-state index in [-0.39, 0.29) is 39.8 Å². The van der Waals surface area contributed by atoms with Crippen molar-refractivity contribution in [2.75, 3.05) is 14.2 Å². The molecule has 2 rings (SSSR count). The Bertz CT molecular complexity index is 755. The Kier molecular flexibility index (Phi) is 7.97. The fourth-order valence-corrected chi connectivity index (χ4v) is 3.98. The van der Waals surface area contributed by atoms with Gasteiger partial charge in [-0.05, 0) is 62.0 Å². The van der Waals surface area contributed by atoms with Gasteiger partial charge in [0.05, 0.1) is 14.2 Å². The Morgan fingerprint density at radius 2 is 1.46 bits per heavy atom. The second-order valence-electron chi connectivity index (χ2n) is 7.23. The van der Waals surface area contributed by atoms with E-state index in [1.807, 2.05) is 6.07 Å². The van der Waals surface area contributed by atoms with Crippen molar-refractivity contribution in [3.8, 4) is 11.5 Å². The summed E-state index contributed by atoms with van der Waals surface area (Å²) in [6, 6.07) is 9.81. The number of carbonyl (C=O) groups is 1. The van der Waals surface area contributed by atoms with Crippen LogP contribution in [0.15, 0.2) is 30.3 Å². The molecule has 0 bridgehead atoms. The van der Waals surface area contributed by atoms with Crippen molar-refractivity contribution < 1.29 is 34.6 Å². The van der Waals surface area contributed by atoms with E-state index < -0.39 is 0 Å². The summed E-state index contributed by atoms with van der Waals surface area (Å²) in [7, 11) is 3.18. The van der Waals surface area contributed by atoms with E-state index in [4.69, 9.17) is 9.47 Å². The van der Waals surface area contributed by atoms with Crippen LogP contribution >= 0.6 is 8.58 Å². The van der Waals surface area contributed by atoms with Crippen LogP contribution in [0.1, 0.15) is 49.2 Å². The van der Waals surface area contributed by atoms with E-state index in [0.29, 0.717) is 17.1 Å². The van der Waals surface area contributed by atoms with Crippen molar-refractivity contribution in [2.24, 2.45) is 0 Å². The summed E-state index contributed by atoms with van der Waals surface area (Å²) in [6.45, 7) is 10.8. The Balaban J connectivity index is 0.00000338. The normalized spacial score (nSPS) is 11.3. The molecule has 0 saturated heterocycles. The van der Waals surface area contributed by atoms with E-state index in [0.717, 1.165) is 16.4 Å². The number of hydrogen-bond acceptors (Lipinski definition) is 3. The van der Waals surface area contributed by atoms with Crippen LogP contribution in [0.5, 0.6) is 11.5 Å². The van der Waals surface area contributed by atoms with Gasteiger partial charge in [-0.2, -0.15) is 0 Å². The van der Waals surface area contributed by atoms with Gasteiger partial charge >= 0.3 is 18.9 Å². The summed E-state index contributed by atoms with van der Waals surface area (Å²) in [6.07, 6.45) is 0. The van der Waals surface area contributed by atoms with Crippen molar-refractivity contribution >= 4 is 19.4 Å². The average molecular weight is 366 g/mol. The number of rotatable bonds is 5. The largest absolute Gasteiger partial charge is 1.00 e. The average Bonchev–Trinajstić information content (AvgIpc) is 2.55. The third-order valence-corrected chi connectivity index (χ3v) is 5.81. The molecule has 0 N–H and O–H groups in total. The smallest absolute Gasteiger partial charge is 1.00 e. The van der Waals surface area contributed by atoms with Crippen molar-refractivity contribution in [1.82, 2.24) is 0 Å². The molecule has 2 aromatic carbocycles. The minimum absolute atomic E-state index is 0. The molecule has 0 amide bonds. The Labute approximate surface area is 172 Å². The molecule has 26 heavy (non-hydrogen) atoms. The van der Waals surface area contributed by atoms with Gasteiger partial charge in [-0.25, -0.2) is 0 Å². The predicted molar refractivity (Wildman–Crippen MR) is 108 cm³/mol. The zero-order valence-corrected chi connectivity index (χ0v) is 18.1. The van der Waals surface area contributed by atoms with E-state index in [9.17, 15) is 4.79 Å². The van der Waals surface area contributed by atoms with Crippen LogP contribution in [0.2, 0.25) is 0 Å². The number of methoxy groups -OCH3 is 2. The molecular formula is C21H28LiO3P. The van der Waals surface area contributed by atoms with E-state index >= 15 is 0 Å². The molecule has 0 aliphatic carbocycles. The molecule has 0 heterocycles. The molecule has 0 aromatic heterocycles. The second-order valence-corrected chi connectivity index (χ2v) is 8.43. The predicted octanol–water partition coefficient (Wildman–Crippen LogP) is 1.88. The standard InChI is InChI=1S/C21H27O3P.Li.H/c1-13-11-15(21(3,4)5)12-14(2)19(13)25-20(22)18-16(23-6)9-8-10-17(18)24-7;;/h8-12,25H,1-7H3;;/q;+1;-1. The second kappa shape index (κ2) is 9.09. The van der Waals surface area contributed by atoms with Crippen LogP contribution in [-0.4, -0.2) is 19.7 Å². The van der Waals surface area contributed by atoms with Gasteiger partial charge in [-0.3, -0.25) is 4.79 Å². The maximum Gasteiger partial charge on any atom is 1.00 e. The number of aryl methyl sites for hydroxylation is 2. The fourth-order valence-electron chi connectivity index (χ4n) is 2.84. The van der Waals surface area contributed by atoms with Crippen LogP contribution in [-0.2, 0) is 5.41 Å².